The fourth-order valence-electron chi connectivity index (χ4n) is 7.69. The van der Waals surface area contributed by atoms with Gasteiger partial charge in [0.1, 0.15) is 0 Å². The van der Waals surface area contributed by atoms with E-state index in [1.165, 1.54) is 51.4 Å². The minimum Gasteiger partial charge on any atom is -0.396 e. The maximum absolute atomic E-state index is 9.44. The minimum absolute atomic E-state index is 0.283. The summed E-state index contributed by atoms with van der Waals surface area (Å²) in [5.74, 6) is 3.83. The lowest BCUT2D eigenvalue weighted by atomic mass is 9.51. The van der Waals surface area contributed by atoms with Gasteiger partial charge in [0, 0.05) is 6.61 Å². The molecule has 8 atom stereocenters. The van der Waals surface area contributed by atoms with E-state index in [1.54, 1.807) is 5.57 Å². The molecule has 0 bridgehead atoms. The highest BCUT2D eigenvalue weighted by Crippen LogP contribution is 2.64. The zero-order chi connectivity index (χ0) is 20.8. The summed E-state index contributed by atoms with van der Waals surface area (Å²) in [6.45, 7) is 12.3. The van der Waals surface area contributed by atoms with Crippen LogP contribution >= 0.6 is 0 Å². The number of aliphatic hydroxyl groups excluding tert-OH is 1. The highest BCUT2D eigenvalue weighted by Gasteiger charge is 2.53. The largest absolute Gasteiger partial charge is 0.396 e. The van der Waals surface area contributed by atoms with Gasteiger partial charge in [-0.25, -0.2) is 0 Å². The molecule has 0 saturated heterocycles. The average Bonchev–Trinajstić information content (AvgIpc) is 3.08. The summed E-state index contributed by atoms with van der Waals surface area (Å²) in [5.41, 5.74) is 4.51. The van der Waals surface area contributed by atoms with Crippen molar-refractivity contribution in [2.24, 2.45) is 46.3 Å². The molecule has 0 aromatic heterocycles. The summed E-state index contributed by atoms with van der Waals surface area (Å²) >= 11 is 0. The molecule has 29 heavy (non-hydrogen) atoms. The third-order valence-corrected chi connectivity index (χ3v) is 10.1. The molecule has 4 rings (SSSR count). The molecule has 4 aliphatic rings. The van der Waals surface area contributed by atoms with Crippen LogP contribution in [-0.2, 0) is 0 Å². The molecule has 0 aliphatic heterocycles. The molecule has 2 saturated carbocycles. The molecule has 1 heteroatoms. The average molecular weight is 397 g/mol. The predicted octanol–water partition coefficient (Wildman–Crippen LogP) is 7.33. The van der Waals surface area contributed by atoms with E-state index in [4.69, 9.17) is 0 Å². The molecule has 0 aromatic rings. The third kappa shape index (κ3) is 3.50. The number of allylic oxidation sites excluding steroid dienone is 6. The molecule has 1 nitrogen and oxygen atoms in total. The number of rotatable bonds is 5. The molecule has 0 spiro atoms. The van der Waals surface area contributed by atoms with Gasteiger partial charge in [-0.05, 0) is 90.4 Å². The molecule has 1 N–H and O–H groups in total. The van der Waals surface area contributed by atoms with E-state index in [-0.39, 0.29) is 6.61 Å². The van der Waals surface area contributed by atoms with Crippen molar-refractivity contribution < 1.29 is 5.11 Å². The standard InChI is InChI=1S/C28H44O/c1-19(21(3)18-29)9-10-20(2)24-13-14-25-23-12-11-22-8-6-7-16-27(22,4)26(23)15-17-28(24,25)5/h9-12,19-22,24,26,29H,6-8,13-18H2,1-5H3/t19-,20+,21?,22?,24+,26-,27-,28+/m0/s1. The van der Waals surface area contributed by atoms with Gasteiger partial charge in [0.25, 0.3) is 0 Å². The zero-order valence-electron chi connectivity index (χ0n) is 19.6. The normalized spacial score (nSPS) is 42.3. The van der Waals surface area contributed by atoms with E-state index in [0.717, 1.165) is 17.8 Å². The third-order valence-electron chi connectivity index (χ3n) is 10.1. The zero-order valence-corrected chi connectivity index (χ0v) is 19.6. The monoisotopic (exact) mass is 396 g/mol. The van der Waals surface area contributed by atoms with Crippen molar-refractivity contribution in [1.82, 2.24) is 0 Å². The Balaban J connectivity index is 1.59. The Kier molecular flexibility index (Phi) is 5.93. The van der Waals surface area contributed by atoms with E-state index in [2.05, 4.69) is 58.9 Å². The van der Waals surface area contributed by atoms with Crippen molar-refractivity contribution in [3.63, 3.8) is 0 Å². The lowest BCUT2D eigenvalue weighted by Crippen LogP contribution is -2.44. The van der Waals surface area contributed by atoms with Crippen LogP contribution in [0.5, 0.6) is 0 Å². The van der Waals surface area contributed by atoms with Gasteiger partial charge < -0.3 is 5.11 Å². The van der Waals surface area contributed by atoms with E-state index < -0.39 is 0 Å². The quantitative estimate of drug-likeness (QED) is 0.482. The van der Waals surface area contributed by atoms with E-state index in [9.17, 15) is 5.11 Å². The van der Waals surface area contributed by atoms with Gasteiger partial charge in [-0.15, -0.1) is 0 Å². The van der Waals surface area contributed by atoms with Crippen LogP contribution in [0.2, 0.25) is 0 Å². The number of hydrogen-bond donors (Lipinski definition) is 1. The Morgan fingerprint density at radius 2 is 1.86 bits per heavy atom. The second kappa shape index (κ2) is 8.03. The maximum atomic E-state index is 9.44. The van der Waals surface area contributed by atoms with E-state index >= 15 is 0 Å². The Labute approximate surface area is 179 Å². The lowest BCUT2D eigenvalue weighted by molar-refractivity contribution is 0.0566. The fourth-order valence-corrected chi connectivity index (χ4v) is 7.69. The van der Waals surface area contributed by atoms with Gasteiger partial charge in [-0.3, -0.25) is 0 Å². The van der Waals surface area contributed by atoms with Crippen LogP contribution in [0.15, 0.2) is 35.5 Å². The summed E-state index contributed by atoms with van der Waals surface area (Å²) in [5, 5.41) is 9.44. The van der Waals surface area contributed by atoms with E-state index in [1.807, 2.05) is 5.57 Å². The first-order valence-electron chi connectivity index (χ1n) is 12.5. The topological polar surface area (TPSA) is 20.2 Å². The van der Waals surface area contributed by atoms with Crippen molar-refractivity contribution in [3.05, 3.63) is 35.5 Å². The smallest absolute Gasteiger partial charge is 0.0462 e. The van der Waals surface area contributed by atoms with Gasteiger partial charge >= 0.3 is 0 Å². The van der Waals surface area contributed by atoms with E-state index in [0.29, 0.717) is 28.6 Å². The van der Waals surface area contributed by atoms with Crippen molar-refractivity contribution in [2.45, 2.75) is 86.0 Å². The molecular formula is C28H44O. The Hall–Kier alpha value is -0.820. The Morgan fingerprint density at radius 1 is 1.07 bits per heavy atom. The second-order valence-electron chi connectivity index (χ2n) is 11.6. The summed E-state index contributed by atoms with van der Waals surface area (Å²) in [7, 11) is 0. The Bertz CT molecular complexity index is 699. The molecule has 0 radical (unpaired) electrons. The van der Waals surface area contributed by atoms with Crippen molar-refractivity contribution in [1.29, 1.82) is 0 Å². The maximum Gasteiger partial charge on any atom is 0.0462 e. The van der Waals surface area contributed by atoms with Gasteiger partial charge in [0.15, 0.2) is 0 Å². The van der Waals surface area contributed by atoms with Crippen LogP contribution in [0.1, 0.15) is 86.0 Å². The van der Waals surface area contributed by atoms with Crippen molar-refractivity contribution >= 4 is 0 Å². The van der Waals surface area contributed by atoms with Gasteiger partial charge in [-0.1, -0.05) is 77.3 Å². The molecule has 4 aliphatic carbocycles. The number of fused-ring (bicyclic) bond motifs is 4. The fraction of sp³-hybridized carbons (Fsp3) is 0.786. The highest BCUT2D eigenvalue weighted by molar-refractivity contribution is 5.42. The first-order chi connectivity index (χ1) is 13.8. The molecule has 0 amide bonds. The summed E-state index contributed by atoms with van der Waals surface area (Å²) < 4.78 is 0. The summed E-state index contributed by atoms with van der Waals surface area (Å²) in [6.07, 6.45) is 21.2. The van der Waals surface area contributed by atoms with Crippen LogP contribution in [-0.4, -0.2) is 11.7 Å². The molecular weight excluding hydrogens is 352 g/mol. The molecule has 2 fully saturated rings. The summed E-state index contributed by atoms with van der Waals surface area (Å²) in [6, 6.07) is 0. The minimum atomic E-state index is 0.283. The van der Waals surface area contributed by atoms with Crippen LogP contribution in [0, 0.1) is 46.3 Å². The lowest BCUT2D eigenvalue weighted by Gasteiger charge is -2.54. The van der Waals surface area contributed by atoms with Crippen LogP contribution in [0.3, 0.4) is 0 Å². The molecule has 2 unspecified atom stereocenters. The molecule has 162 valence electrons. The predicted molar refractivity (Wildman–Crippen MR) is 124 cm³/mol. The number of hydrogen-bond acceptors (Lipinski definition) is 1. The first-order valence-corrected chi connectivity index (χ1v) is 12.5. The van der Waals surface area contributed by atoms with Gasteiger partial charge in [0.2, 0.25) is 0 Å². The highest BCUT2D eigenvalue weighted by atomic mass is 16.3. The number of aliphatic hydroxyl groups is 1. The van der Waals surface area contributed by atoms with Crippen molar-refractivity contribution in [3.8, 4) is 0 Å². The summed E-state index contributed by atoms with van der Waals surface area (Å²) in [4.78, 5) is 0. The SMILES string of the molecule is CC(CO)[C@@H](C)C=C[C@@H](C)[C@H]1CCC2=C3C=CC4CCCC[C@]4(C)[C@H]3CC[C@@]21C. The van der Waals surface area contributed by atoms with Crippen LogP contribution in [0.25, 0.3) is 0 Å². The van der Waals surface area contributed by atoms with Crippen LogP contribution < -0.4 is 0 Å². The van der Waals surface area contributed by atoms with Gasteiger partial charge in [-0.2, -0.15) is 0 Å². The van der Waals surface area contributed by atoms with Crippen LogP contribution in [0.4, 0.5) is 0 Å². The molecule has 0 heterocycles. The van der Waals surface area contributed by atoms with Crippen molar-refractivity contribution in [2.75, 3.05) is 6.61 Å². The van der Waals surface area contributed by atoms with Gasteiger partial charge in [0.05, 0.1) is 0 Å². The molecule has 0 aromatic carbocycles. The second-order valence-corrected chi connectivity index (χ2v) is 11.6. The Morgan fingerprint density at radius 3 is 2.62 bits per heavy atom. The first kappa shape index (κ1) is 21.4.